The van der Waals surface area contributed by atoms with Crippen LogP contribution in [-0.2, 0) is 4.12 Å². The predicted octanol–water partition coefficient (Wildman–Crippen LogP) is 3.79. The van der Waals surface area contributed by atoms with Gasteiger partial charge in [-0.3, -0.25) is 0 Å². The molecule has 0 amide bonds. The van der Waals surface area contributed by atoms with Gasteiger partial charge in [0.1, 0.15) is 0 Å². The summed E-state index contributed by atoms with van der Waals surface area (Å²) in [6, 6.07) is 2.08. The third-order valence-corrected chi connectivity index (χ3v) is 8.79. The van der Waals surface area contributed by atoms with E-state index in [4.69, 9.17) is 4.12 Å². The van der Waals surface area contributed by atoms with Gasteiger partial charge < -0.3 is 4.12 Å². The van der Waals surface area contributed by atoms with Crippen molar-refractivity contribution in [2.24, 2.45) is 0 Å². The van der Waals surface area contributed by atoms with Crippen molar-refractivity contribution < 1.29 is 4.12 Å². The maximum Gasteiger partial charge on any atom is 0.177 e. The third-order valence-electron chi connectivity index (χ3n) is 1.82. The molecule has 0 saturated carbocycles. The summed E-state index contributed by atoms with van der Waals surface area (Å²) < 4.78 is 6.24. The van der Waals surface area contributed by atoms with E-state index in [9.17, 15) is 0 Å². The first kappa shape index (κ1) is 12.9. The van der Waals surface area contributed by atoms with Crippen molar-refractivity contribution in [3.05, 3.63) is 25.3 Å². The van der Waals surface area contributed by atoms with E-state index in [2.05, 4.69) is 39.3 Å². The molecule has 0 N–H and O–H groups in total. The van der Waals surface area contributed by atoms with Crippen LogP contribution < -0.4 is 0 Å². The summed E-state index contributed by atoms with van der Waals surface area (Å²) in [5.41, 5.74) is 0. The van der Waals surface area contributed by atoms with Gasteiger partial charge >= 0.3 is 0 Å². The Kier molecular flexibility index (Phi) is 4.88. The van der Waals surface area contributed by atoms with Crippen LogP contribution in [0.4, 0.5) is 0 Å². The summed E-state index contributed by atoms with van der Waals surface area (Å²) >= 11 is 0. The summed E-state index contributed by atoms with van der Waals surface area (Å²) in [5, 5.41) is 0. The van der Waals surface area contributed by atoms with Crippen LogP contribution in [0.15, 0.2) is 25.3 Å². The number of rotatable bonds is 6. The molecule has 0 aromatic rings. The van der Waals surface area contributed by atoms with Crippen molar-refractivity contribution >= 4 is 16.6 Å². The average molecular weight is 214 g/mol. The van der Waals surface area contributed by atoms with Crippen molar-refractivity contribution in [3.63, 3.8) is 0 Å². The maximum absolute atomic E-state index is 6.24. The Balaban J connectivity index is 4.22. The standard InChI is InChI=1S/C10H22OSi2/c1-7-9-12(3,4)11-13(5,6)10-8-2/h7-8H,1-2,9-10H2,3-6H3. The van der Waals surface area contributed by atoms with Gasteiger partial charge in [-0.1, -0.05) is 12.2 Å². The van der Waals surface area contributed by atoms with E-state index in [1.54, 1.807) is 0 Å². The summed E-state index contributed by atoms with van der Waals surface area (Å²) in [6.07, 6.45) is 3.95. The highest BCUT2D eigenvalue weighted by molar-refractivity contribution is 6.85. The molecule has 0 spiro atoms. The fraction of sp³-hybridized carbons (Fsp3) is 0.600. The number of hydrogen-bond donors (Lipinski definition) is 0. The Labute approximate surface area is 84.8 Å². The minimum atomic E-state index is -1.48. The Morgan fingerprint density at radius 1 is 0.923 bits per heavy atom. The summed E-state index contributed by atoms with van der Waals surface area (Å²) in [7, 11) is -2.96. The van der Waals surface area contributed by atoms with Crippen molar-refractivity contribution in [1.82, 2.24) is 0 Å². The van der Waals surface area contributed by atoms with Gasteiger partial charge in [0, 0.05) is 0 Å². The van der Waals surface area contributed by atoms with Gasteiger partial charge in [0.15, 0.2) is 16.6 Å². The molecule has 0 heterocycles. The zero-order valence-corrected chi connectivity index (χ0v) is 11.4. The molecular weight excluding hydrogens is 192 g/mol. The lowest BCUT2D eigenvalue weighted by Gasteiger charge is -2.32. The molecule has 13 heavy (non-hydrogen) atoms. The minimum Gasteiger partial charge on any atom is -0.455 e. The van der Waals surface area contributed by atoms with Gasteiger partial charge in [0.25, 0.3) is 0 Å². The van der Waals surface area contributed by atoms with E-state index in [1.807, 2.05) is 12.2 Å². The molecule has 76 valence electrons. The molecule has 0 rings (SSSR count). The van der Waals surface area contributed by atoms with Gasteiger partial charge in [-0.2, -0.15) is 0 Å². The van der Waals surface area contributed by atoms with E-state index in [0.29, 0.717) is 0 Å². The second-order valence-corrected chi connectivity index (χ2v) is 13.3. The quantitative estimate of drug-likeness (QED) is 0.483. The highest BCUT2D eigenvalue weighted by atomic mass is 28.4. The molecule has 0 aliphatic carbocycles. The molecule has 0 fully saturated rings. The van der Waals surface area contributed by atoms with Gasteiger partial charge in [0.2, 0.25) is 0 Å². The van der Waals surface area contributed by atoms with E-state index in [0.717, 1.165) is 12.1 Å². The zero-order chi connectivity index (χ0) is 10.5. The molecule has 0 radical (unpaired) electrons. The molecule has 0 bridgehead atoms. The largest absolute Gasteiger partial charge is 0.455 e. The van der Waals surface area contributed by atoms with Crippen LogP contribution in [-0.4, -0.2) is 16.6 Å². The Bertz CT molecular complexity index is 165. The molecule has 1 nitrogen and oxygen atoms in total. The molecule has 0 saturated heterocycles. The predicted molar refractivity (Wildman–Crippen MR) is 66.1 cm³/mol. The smallest absolute Gasteiger partial charge is 0.177 e. The van der Waals surface area contributed by atoms with Crippen LogP contribution in [0.5, 0.6) is 0 Å². The summed E-state index contributed by atoms with van der Waals surface area (Å²) in [5.74, 6) is 0. The molecular formula is C10H22OSi2. The van der Waals surface area contributed by atoms with Crippen molar-refractivity contribution in [1.29, 1.82) is 0 Å². The highest BCUT2D eigenvalue weighted by Gasteiger charge is 2.30. The Morgan fingerprint density at radius 3 is 1.46 bits per heavy atom. The topological polar surface area (TPSA) is 9.23 Å². The lowest BCUT2D eigenvalue weighted by molar-refractivity contribution is 0.548. The Hall–Kier alpha value is -0.126. The van der Waals surface area contributed by atoms with Crippen molar-refractivity contribution in [3.8, 4) is 0 Å². The lowest BCUT2D eigenvalue weighted by atomic mass is 10.8. The number of hydrogen-bond acceptors (Lipinski definition) is 1. The molecule has 0 aliphatic rings. The third kappa shape index (κ3) is 6.01. The van der Waals surface area contributed by atoms with E-state index >= 15 is 0 Å². The maximum atomic E-state index is 6.24. The molecule has 0 aromatic carbocycles. The van der Waals surface area contributed by atoms with E-state index < -0.39 is 16.6 Å². The zero-order valence-electron chi connectivity index (χ0n) is 9.39. The second-order valence-electron chi connectivity index (χ2n) is 4.61. The van der Waals surface area contributed by atoms with Crippen LogP contribution in [0.1, 0.15) is 0 Å². The van der Waals surface area contributed by atoms with Gasteiger partial charge in [-0.05, 0) is 38.3 Å². The molecule has 0 aromatic heterocycles. The first-order valence-corrected chi connectivity index (χ1v) is 11.0. The lowest BCUT2D eigenvalue weighted by Crippen LogP contribution is -2.43. The monoisotopic (exact) mass is 214 g/mol. The Morgan fingerprint density at radius 2 is 1.23 bits per heavy atom. The molecule has 3 heteroatoms. The fourth-order valence-electron chi connectivity index (χ4n) is 1.53. The molecule has 0 atom stereocenters. The minimum absolute atomic E-state index is 1.04. The van der Waals surface area contributed by atoms with E-state index in [1.165, 1.54) is 0 Å². The first-order valence-electron chi connectivity index (χ1n) is 4.75. The fourth-order valence-corrected chi connectivity index (χ4v) is 9.57. The normalized spacial score (nSPS) is 12.6. The van der Waals surface area contributed by atoms with Crippen LogP contribution in [0.3, 0.4) is 0 Å². The summed E-state index contributed by atoms with van der Waals surface area (Å²) in [4.78, 5) is 0. The van der Waals surface area contributed by atoms with Gasteiger partial charge in [-0.25, -0.2) is 0 Å². The second kappa shape index (κ2) is 4.93. The highest BCUT2D eigenvalue weighted by Crippen LogP contribution is 2.21. The van der Waals surface area contributed by atoms with Crippen molar-refractivity contribution in [2.45, 2.75) is 38.3 Å². The average Bonchev–Trinajstić information content (AvgIpc) is 1.82. The van der Waals surface area contributed by atoms with E-state index in [-0.39, 0.29) is 0 Å². The van der Waals surface area contributed by atoms with Crippen LogP contribution in [0, 0.1) is 0 Å². The molecule has 0 unspecified atom stereocenters. The number of allylic oxidation sites excluding steroid dienone is 2. The van der Waals surface area contributed by atoms with Crippen molar-refractivity contribution in [2.75, 3.05) is 0 Å². The summed E-state index contributed by atoms with van der Waals surface area (Å²) in [6.45, 7) is 16.6. The molecule has 0 aliphatic heterocycles. The first-order chi connectivity index (χ1) is 5.83. The van der Waals surface area contributed by atoms with Crippen LogP contribution in [0.25, 0.3) is 0 Å². The van der Waals surface area contributed by atoms with Gasteiger partial charge in [0.05, 0.1) is 0 Å². The van der Waals surface area contributed by atoms with Crippen LogP contribution in [0.2, 0.25) is 38.3 Å². The van der Waals surface area contributed by atoms with Gasteiger partial charge in [-0.15, -0.1) is 13.2 Å². The van der Waals surface area contributed by atoms with Crippen LogP contribution >= 0.6 is 0 Å². The SMILES string of the molecule is C=CC[Si](C)(C)O[Si](C)(C)CC=C.